The zero-order chi connectivity index (χ0) is 25.0. The molecular weight excluding hydrogens is 494 g/mol. The summed E-state index contributed by atoms with van der Waals surface area (Å²) in [6, 6.07) is 3.94. The molecule has 6 heteroatoms. The van der Waals surface area contributed by atoms with E-state index in [2.05, 4.69) is 55.4 Å². The van der Waals surface area contributed by atoms with E-state index in [1.807, 2.05) is 19.1 Å². The fraction of sp³-hybridized carbons (Fsp3) is 0.571. The molecule has 0 saturated heterocycles. The molecule has 0 saturated carbocycles. The van der Waals surface area contributed by atoms with E-state index in [9.17, 15) is 9.59 Å². The molecule has 0 bridgehead atoms. The Hall–Kier alpha value is -2.08. The number of nitrogens with zero attached hydrogens (tertiary/aromatic N) is 1. The van der Waals surface area contributed by atoms with E-state index in [1.54, 1.807) is 7.11 Å². The first-order chi connectivity index (χ1) is 15.9. The zero-order valence-electron chi connectivity index (χ0n) is 21.4. The molecule has 0 spiro atoms. The van der Waals surface area contributed by atoms with Crippen molar-refractivity contribution >= 4 is 27.5 Å². The Morgan fingerprint density at radius 2 is 1.47 bits per heavy atom. The van der Waals surface area contributed by atoms with Crippen molar-refractivity contribution in [3.8, 4) is 11.5 Å². The molecule has 4 rings (SSSR count). The van der Waals surface area contributed by atoms with Crippen LogP contribution in [0.25, 0.3) is 0 Å². The van der Waals surface area contributed by atoms with Gasteiger partial charge in [0.2, 0.25) is 0 Å². The van der Waals surface area contributed by atoms with Gasteiger partial charge in [-0.05, 0) is 71.1 Å². The molecule has 2 aliphatic carbocycles. The number of ketones is 2. The predicted molar refractivity (Wildman–Crippen MR) is 137 cm³/mol. The Morgan fingerprint density at radius 3 is 1.91 bits per heavy atom. The lowest BCUT2D eigenvalue weighted by Gasteiger charge is -2.49. The van der Waals surface area contributed by atoms with Gasteiger partial charge in [0.25, 0.3) is 0 Å². The third-order valence-electron chi connectivity index (χ3n) is 7.21. The van der Waals surface area contributed by atoms with Crippen molar-refractivity contribution in [2.24, 2.45) is 10.8 Å². The number of hydrogen-bond donors (Lipinski definition) is 0. The lowest BCUT2D eigenvalue weighted by atomic mass is 9.63. The Labute approximate surface area is 211 Å². The number of ether oxygens (including phenoxy) is 2. The molecule has 0 radical (unpaired) electrons. The van der Waals surface area contributed by atoms with Gasteiger partial charge in [0.1, 0.15) is 0 Å². The van der Waals surface area contributed by atoms with Gasteiger partial charge in [-0.3, -0.25) is 9.59 Å². The molecule has 5 nitrogen and oxygen atoms in total. The van der Waals surface area contributed by atoms with E-state index >= 15 is 0 Å². The SMILES string of the molecule is CCOc1c(Br)cc(C2C3=C(CC(C)(C)CC3=O)N(CC)C3=C2C(=O)CC(C)(C)C3)cc1OC. The van der Waals surface area contributed by atoms with Crippen LogP contribution in [0.2, 0.25) is 0 Å². The summed E-state index contributed by atoms with van der Waals surface area (Å²) in [4.78, 5) is 29.7. The second-order valence-electron chi connectivity index (χ2n) is 11.2. The van der Waals surface area contributed by atoms with Crippen LogP contribution in [0, 0.1) is 10.8 Å². The second-order valence-corrected chi connectivity index (χ2v) is 12.1. The number of methoxy groups -OCH3 is 1. The topological polar surface area (TPSA) is 55.8 Å². The van der Waals surface area contributed by atoms with Crippen LogP contribution >= 0.6 is 15.9 Å². The third-order valence-corrected chi connectivity index (χ3v) is 7.80. The molecule has 34 heavy (non-hydrogen) atoms. The molecular formula is C28H36BrNO4. The highest BCUT2D eigenvalue weighted by Gasteiger charge is 2.48. The standard InChI is InChI=1S/C28H36BrNO4/c1-8-30-18-12-27(3,4)14-20(31)24(18)23(25-19(30)13-28(5,6)15-21(25)32)16-10-17(29)26(34-9-2)22(11-16)33-7/h10-11,23H,8-9,12-15H2,1-7H3. The maximum atomic E-state index is 13.7. The monoisotopic (exact) mass is 529 g/mol. The highest BCUT2D eigenvalue weighted by molar-refractivity contribution is 9.10. The molecule has 0 amide bonds. The van der Waals surface area contributed by atoms with Crippen molar-refractivity contribution in [1.82, 2.24) is 4.90 Å². The normalized spacial score (nSPS) is 22.1. The average Bonchev–Trinajstić information content (AvgIpc) is 2.72. The van der Waals surface area contributed by atoms with Gasteiger partial charge in [0.15, 0.2) is 23.1 Å². The summed E-state index contributed by atoms with van der Waals surface area (Å²) in [7, 11) is 1.62. The van der Waals surface area contributed by atoms with E-state index in [-0.39, 0.29) is 28.3 Å². The van der Waals surface area contributed by atoms with Gasteiger partial charge in [-0.2, -0.15) is 0 Å². The number of allylic oxidation sites excluding steroid dienone is 4. The third kappa shape index (κ3) is 4.23. The van der Waals surface area contributed by atoms with Crippen molar-refractivity contribution in [2.75, 3.05) is 20.3 Å². The quantitative estimate of drug-likeness (QED) is 0.432. The van der Waals surface area contributed by atoms with E-state index in [4.69, 9.17) is 9.47 Å². The largest absolute Gasteiger partial charge is 0.493 e. The molecule has 0 fully saturated rings. The summed E-state index contributed by atoms with van der Waals surface area (Å²) in [5.74, 6) is 1.13. The van der Waals surface area contributed by atoms with Gasteiger partial charge in [-0.15, -0.1) is 0 Å². The highest BCUT2D eigenvalue weighted by atomic mass is 79.9. The Bertz CT molecular complexity index is 1060. The maximum Gasteiger partial charge on any atom is 0.175 e. The van der Waals surface area contributed by atoms with E-state index in [0.717, 1.165) is 52.0 Å². The Balaban J connectivity index is 2.00. The molecule has 3 aliphatic rings. The zero-order valence-corrected chi connectivity index (χ0v) is 23.0. The molecule has 1 aromatic rings. The number of halogens is 1. The van der Waals surface area contributed by atoms with E-state index < -0.39 is 0 Å². The van der Waals surface area contributed by atoms with E-state index in [1.165, 1.54) is 0 Å². The van der Waals surface area contributed by atoms with Crippen LogP contribution < -0.4 is 9.47 Å². The highest BCUT2D eigenvalue weighted by Crippen LogP contribution is 2.55. The first-order valence-electron chi connectivity index (χ1n) is 12.2. The second kappa shape index (κ2) is 8.85. The van der Waals surface area contributed by atoms with Crippen LogP contribution in [0.15, 0.2) is 39.1 Å². The number of hydrogen-bond acceptors (Lipinski definition) is 5. The molecule has 0 unspecified atom stereocenters. The minimum atomic E-state index is -0.388. The molecule has 1 heterocycles. The smallest absolute Gasteiger partial charge is 0.175 e. The Kier molecular flexibility index (Phi) is 6.52. The number of carbonyl (C=O) groups excluding carboxylic acids is 2. The van der Waals surface area contributed by atoms with Crippen molar-refractivity contribution in [1.29, 1.82) is 0 Å². The van der Waals surface area contributed by atoms with Crippen molar-refractivity contribution in [3.63, 3.8) is 0 Å². The summed E-state index contributed by atoms with van der Waals surface area (Å²) >= 11 is 3.66. The van der Waals surface area contributed by atoms with E-state index in [0.29, 0.717) is 30.9 Å². The number of Topliss-reactive ketones (excluding diaryl/α,β-unsaturated/α-hetero) is 2. The molecule has 1 aliphatic heterocycles. The Morgan fingerprint density at radius 1 is 0.941 bits per heavy atom. The van der Waals surface area contributed by atoms with Gasteiger partial charge in [0, 0.05) is 47.8 Å². The van der Waals surface area contributed by atoms with Gasteiger partial charge in [-0.1, -0.05) is 27.7 Å². The summed E-state index contributed by atoms with van der Waals surface area (Å²) in [5.41, 5.74) is 4.40. The minimum absolute atomic E-state index is 0.114. The van der Waals surface area contributed by atoms with Crippen LogP contribution in [0.3, 0.4) is 0 Å². The van der Waals surface area contributed by atoms with Crippen molar-refractivity contribution < 1.29 is 19.1 Å². The van der Waals surface area contributed by atoms with Crippen LogP contribution in [-0.4, -0.2) is 36.7 Å². The predicted octanol–water partition coefficient (Wildman–Crippen LogP) is 6.56. The van der Waals surface area contributed by atoms with Crippen LogP contribution in [-0.2, 0) is 9.59 Å². The number of benzene rings is 1. The molecule has 184 valence electrons. The van der Waals surface area contributed by atoms with Crippen LogP contribution in [0.1, 0.15) is 78.7 Å². The van der Waals surface area contributed by atoms with Gasteiger partial charge < -0.3 is 14.4 Å². The first kappa shape index (κ1) is 25.0. The first-order valence-corrected chi connectivity index (χ1v) is 13.0. The lowest BCUT2D eigenvalue weighted by Crippen LogP contribution is -2.44. The lowest BCUT2D eigenvalue weighted by molar-refractivity contribution is -0.119. The summed E-state index contributed by atoms with van der Waals surface area (Å²) in [6.07, 6.45) is 2.60. The molecule has 0 atom stereocenters. The van der Waals surface area contributed by atoms with Crippen molar-refractivity contribution in [3.05, 3.63) is 44.7 Å². The maximum absolute atomic E-state index is 13.7. The van der Waals surface area contributed by atoms with Gasteiger partial charge in [-0.25, -0.2) is 0 Å². The summed E-state index contributed by atoms with van der Waals surface area (Å²) < 4.78 is 12.2. The minimum Gasteiger partial charge on any atom is -0.493 e. The summed E-state index contributed by atoms with van der Waals surface area (Å²) in [5, 5.41) is 0. The molecule has 0 N–H and O–H groups in total. The van der Waals surface area contributed by atoms with Crippen LogP contribution in [0.4, 0.5) is 0 Å². The average molecular weight is 531 g/mol. The van der Waals surface area contributed by atoms with Crippen molar-refractivity contribution in [2.45, 2.75) is 73.1 Å². The fourth-order valence-corrected chi connectivity index (χ4v) is 6.53. The summed E-state index contributed by atoms with van der Waals surface area (Å²) in [6.45, 7) is 13.9. The number of rotatable bonds is 5. The number of carbonyl (C=O) groups is 2. The molecule has 1 aromatic carbocycles. The van der Waals surface area contributed by atoms with Crippen LogP contribution in [0.5, 0.6) is 11.5 Å². The van der Waals surface area contributed by atoms with Gasteiger partial charge in [0.05, 0.1) is 18.2 Å². The fourth-order valence-electron chi connectivity index (χ4n) is 5.95. The van der Waals surface area contributed by atoms with Gasteiger partial charge >= 0.3 is 0 Å². The molecule has 0 aromatic heterocycles.